The number of aliphatic hydroxyl groups excluding tert-OH is 7. The number of aliphatic hydroxyl groups is 7. The Bertz CT molecular complexity index is 1250. The Labute approximate surface area is 424 Å². The Morgan fingerprint density at radius 1 is 0.471 bits per heavy atom. The summed E-state index contributed by atoms with van der Waals surface area (Å²) in [6.45, 7) is 3.70. The molecule has 0 aliphatic carbocycles. The summed E-state index contributed by atoms with van der Waals surface area (Å²) < 4.78 is 34.4. The third-order valence-electron chi connectivity index (χ3n) is 13.7. The van der Waals surface area contributed by atoms with Gasteiger partial charge < -0.3 is 64.2 Å². The zero-order valence-corrected chi connectivity index (χ0v) is 44.0. The van der Waals surface area contributed by atoms with Crippen LogP contribution in [-0.4, -0.2) is 142 Å². The fourth-order valence-electron chi connectivity index (χ4n) is 9.08. The SMILES string of the molecule is CCCCC/C=C\C/C=C\CCCCCCCCCCCC(=O)OC(COCCCCCCCCCCCCCCCCCCC)COC1OC(COC2OC(CO)C(O)C(O)C2O)C(O)C(O)C1O. The maximum Gasteiger partial charge on any atom is 0.306 e. The van der Waals surface area contributed by atoms with Crippen LogP contribution in [0.1, 0.15) is 226 Å². The van der Waals surface area contributed by atoms with E-state index in [1.165, 1.54) is 148 Å². The van der Waals surface area contributed by atoms with E-state index in [0.717, 1.165) is 51.4 Å². The van der Waals surface area contributed by atoms with Crippen LogP contribution < -0.4 is 0 Å². The third-order valence-corrected chi connectivity index (χ3v) is 13.7. The van der Waals surface area contributed by atoms with E-state index >= 15 is 0 Å². The van der Waals surface area contributed by atoms with Gasteiger partial charge in [0.15, 0.2) is 12.6 Å². The fourth-order valence-corrected chi connectivity index (χ4v) is 9.08. The molecular formula is C56H104O14. The Morgan fingerprint density at radius 2 is 0.886 bits per heavy atom. The van der Waals surface area contributed by atoms with Gasteiger partial charge in [-0.1, -0.05) is 199 Å². The molecule has 11 unspecified atom stereocenters. The lowest BCUT2D eigenvalue weighted by atomic mass is 9.98. The Morgan fingerprint density at radius 3 is 1.40 bits per heavy atom. The van der Waals surface area contributed by atoms with E-state index in [4.69, 9.17) is 28.4 Å². The van der Waals surface area contributed by atoms with Crippen LogP contribution in [0.4, 0.5) is 0 Å². The first-order valence-electron chi connectivity index (χ1n) is 28.4. The molecule has 0 radical (unpaired) electrons. The van der Waals surface area contributed by atoms with E-state index in [1.807, 2.05) is 0 Å². The first-order chi connectivity index (χ1) is 34.1. The van der Waals surface area contributed by atoms with Crippen LogP contribution >= 0.6 is 0 Å². The zero-order valence-electron chi connectivity index (χ0n) is 44.0. The van der Waals surface area contributed by atoms with Gasteiger partial charge in [-0.15, -0.1) is 0 Å². The average molecular weight is 1000 g/mol. The topological polar surface area (TPSA) is 214 Å². The van der Waals surface area contributed by atoms with Crippen molar-refractivity contribution >= 4 is 5.97 Å². The second kappa shape index (κ2) is 43.8. The molecule has 14 heteroatoms. The van der Waals surface area contributed by atoms with E-state index < -0.39 is 80.7 Å². The Hall–Kier alpha value is -1.53. The smallest absolute Gasteiger partial charge is 0.306 e. The van der Waals surface area contributed by atoms with Gasteiger partial charge in [-0.2, -0.15) is 0 Å². The molecule has 2 aliphatic heterocycles. The van der Waals surface area contributed by atoms with Crippen LogP contribution in [0.15, 0.2) is 24.3 Å². The molecule has 2 fully saturated rings. The van der Waals surface area contributed by atoms with E-state index in [1.54, 1.807) is 0 Å². The Kier molecular flexibility index (Phi) is 40.4. The van der Waals surface area contributed by atoms with Crippen molar-refractivity contribution in [3.63, 3.8) is 0 Å². The van der Waals surface area contributed by atoms with Crippen molar-refractivity contribution in [3.8, 4) is 0 Å². The van der Waals surface area contributed by atoms with Gasteiger partial charge >= 0.3 is 5.97 Å². The summed E-state index contributed by atoms with van der Waals surface area (Å²) in [7, 11) is 0. The number of hydrogen-bond acceptors (Lipinski definition) is 14. The molecule has 0 aromatic heterocycles. The number of hydrogen-bond donors (Lipinski definition) is 7. The van der Waals surface area contributed by atoms with Gasteiger partial charge in [-0.3, -0.25) is 4.79 Å². The third kappa shape index (κ3) is 30.6. The lowest BCUT2D eigenvalue weighted by Gasteiger charge is -2.42. The van der Waals surface area contributed by atoms with Gasteiger partial charge in [0.25, 0.3) is 0 Å². The molecule has 0 amide bonds. The average Bonchev–Trinajstić information content (AvgIpc) is 3.36. The summed E-state index contributed by atoms with van der Waals surface area (Å²) >= 11 is 0. The van der Waals surface area contributed by atoms with E-state index in [-0.39, 0.29) is 25.6 Å². The lowest BCUT2D eigenvalue weighted by Crippen LogP contribution is -2.61. The molecule has 412 valence electrons. The van der Waals surface area contributed by atoms with Crippen LogP contribution in [0.2, 0.25) is 0 Å². The van der Waals surface area contributed by atoms with Crippen molar-refractivity contribution in [2.45, 2.75) is 293 Å². The van der Waals surface area contributed by atoms with Gasteiger partial charge in [0.05, 0.1) is 26.4 Å². The summed E-state index contributed by atoms with van der Waals surface area (Å²) in [5, 5.41) is 72.3. The van der Waals surface area contributed by atoms with Crippen molar-refractivity contribution < 1.29 is 69.0 Å². The molecule has 0 spiro atoms. The summed E-state index contributed by atoms with van der Waals surface area (Å²) in [6.07, 6.45) is 32.3. The molecule has 14 nitrogen and oxygen atoms in total. The highest BCUT2D eigenvalue weighted by molar-refractivity contribution is 5.69. The van der Waals surface area contributed by atoms with Gasteiger partial charge in [0.1, 0.15) is 54.9 Å². The van der Waals surface area contributed by atoms with Crippen LogP contribution in [0.25, 0.3) is 0 Å². The summed E-state index contributed by atoms with van der Waals surface area (Å²) in [5.41, 5.74) is 0. The minimum Gasteiger partial charge on any atom is -0.457 e. The molecular weight excluding hydrogens is 897 g/mol. The number of allylic oxidation sites excluding steroid dienone is 4. The van der Waals surface area contributed by atoms with Crippen molar-refractivity contribution in [2.75, 3.05) is 33.0 Å². The highest BCUT2D eigenvalue weighted by Crippen LogP contribution is 2.27. The number of carbonyl (C=O) groups excluding carboxylic acids is 1. The highest BCUT2D eigenvalue weighted by Gasteiger charge is 2.47. The molecule has 2 aliphatic rings. The minimum atomic E-state index is -1.70. The molecule has 0 aromatic rings. The number of unbranched alkanes of at least 4 members (excludes halogenated alkanes) is 28. The number of rotatable bonds is 46. The zero-order chi connectivity index (χ0) is 50.9. The van der Waals surface area contributed by atoms with Gasteiger partial charge in [0, 0.05) is 13.0 Å². The second-order valence-electron chi connectivity index (χ2n) is 20.1. The van der Waals surface area contributed by atoms with Crippen LogP contribution in [0.5, 0.6) is 0 Å². The standard InChI is InChI=1S/C56H104O14/c1-3-5-7-9-11-13-15-17-19-21-22-23-25-27-29-31-33-35-37-39-48(58)68-45(42-65-40-38-36-34-32-30-28-26-24-20-18-16-14-12-10-8-6-4-2)43-66-55-54(64)52(62)50(60)47(70-55)44-67-56-53(63)51(61)49(59)46(41-57)69-56/h11,13,17,19,45-47,49-57,59-64H,3-10,12,14-16,18,20-44H2,1-2H3/b13-11-,19-17-. The van der Waals surface area contributed by atoms with Gasteiger partial charge in [0.2, 0.25) is 0 Å². The van der Waals surface area contributed by atoms with Gasteiger partial charge in [-0.05, 0) is 44.9 Å². The van der Waals surface area contributed by atoms with Crippen LogP contribution in [0.3, 0.4) is 0 Å². The molecule has 0 aromatic carbocycles. The Balaban J connectivity index is 1.73. The largest absolute Gasteiger partial charge is 0.457 e. The molecule has 7 N–H and O–H groups in total. The predicted molar refractivity (Wildman–Crippen MR) is 275 cm³/mol. The van der Waals surface area contributed by atoms with Gasteiger partial charge in [-0.25, -0.2) is 0 Å². The highest BCUT2D eigenvalue weighted by atomic mass is 16.7. The predicted octanol–water partition coefficient (Wildman–Crippen LogP) is 9.58. The van der Waals surface area contributed by atoms with Crippen LogP contribution in [0, 0.1) is 0 Å². The second-order valence-corrected chi connectivity index (χ2v) is 20.1. The van der Waals surface area contributed by atoms with E-state index in [9.17, 15) is 40.5 Å². The van der Waals surface area contributed by atoms with Crippen LogP contribution in [-0.2, 0) is 33.2 Å². The van der Waals surface area contributed by atoms with E-state index in [2.05, 4.69) is 38.2 Å². The summed E-state index contributed by atoms with van der Waals surface area (Å²) in [4.78, 5) is 13.1. The van der Waals surface area contributed by atoms with E-state index in [0.29, 0.717) is 13.0 Å². The first-order valence-corrected chi connectivity index (χ1v) is 28.4. The maximum absolute atomic E-state index is 13.1. The van der Waals surface area contributed by atoms with Crippen molar-refractivity contribution in [1.82, 2.24) is 0 Å². The number of esters is 1. The first kappa shape index (κ1) is 64.6. The molecule has 2 heterocycles. The van der Waals surface area contributed by atoms with Crippen molar-refractivity contribution in [2.24, 2.45) is 0 Å². The van der Waals surface area contributed by atoms with Crippen molar-refractivity contribution in [1.29, 1.82) is 0 Å². The maximum atomic E-state index is 13.1. The number of carbonyl (C=O) groups is 1. The minimum absolute atomic E-state index is 0.0645. The molecule has 11 atom stereocenters. The normalized spacial score (nSPS) is 25.6. The quantitative estimate of drug-likeness (QED) is 0.0172. The van der Waals surface area contributed by atoms with Crippen molar-refractivity contribution in [3.05, 3.63) is 24.3 Å². The summed E-state index contributed by atoms with van der Waals surface area (Å²) in [6, 6.07) is 0. The fraction of sp³-hybridized carbons (Fsp3) is 0.911. The molecule has 2 rings (SSSR count). The monoisotopic (exact) mass is 1000 g/mol. The summed E-state index contributed by atoms with van der Waals surface area (Å²) in [5.74, 6) is -0.376. The molecule has 0 bridgehead atoms. The number of ether oxygens (including phenoxy) is 6. The molecule has 2 saturated heterocycles. The molecule has 70 heavy (non-hydrogen) atoms. The molecule has 0 saturated carbocycles. The lowest BCUT2D eigenvalue weighted by molar-refractivity contribution is -0.332.